The van der Waals surface area contributed by atoms with Crippen molar-refractivity contribution in [1.82, 2.24) is 10.3 Å². The fraction of sp³-hybridized carbons (Fsp3) is 0.312. The van der Waals surface area contributed by atoms with Crippen molar-refractivity contribution in [1.29, 1.82) is 0 Å². The second kappa shape index (κ2) is 7.50. The zero-order chi connectivity index (χ0) is 17.7. The topological polar surface area (TPSA) is 88.5 Å². The number of thiazole rings is 1. The van der Waals surface area contributed by atoms with E-state index in [9.17, 15) is 19.1 Å². The van der Waals surface area contributed by atoms with Crippen LogP contribution in [-0.2, 0) is 16.0 Å². The predicted octanol–water partition coefficient (Wildman–Crippen LogP) is 2.09. The number of aliphatic carboxylic acids is 1. The largest absolute Gasteiger partial charge is 0.479 e. The third kappa shape index (κ3) is 4.36. The quantitative estimate of drug-likeness (QED) is 0.797. The molecular formula is C16H17FN2O4S. The van der Waals surface area contributed by atoms with Crippen molar-refractivity contribution in [2.45, 2.75) is 18.9 Å². The molecule has 24 heavy (non-hydrogen) atoms. The van der Waals surface area contributed by atoms with Gasteiger partial charge >= 0.3 is 5.97 Å². The van der Waals surface area contributed by atoms with E-state index in [0.717, 1.165) is 5.56 Å². The van der Waals surface area contributed by atoms with Crippen LogP contribution in [0.1, 0.15) is 28.0 Å². The lowest BCUT2D eigenvalue weighted by molar-refractivity contribution is -0.145. The number of aromatic nitrogens is 1. The monoisotopic (exact) mass is 352 g/mol. The maximum atomic E-state index is 13.2. The Bertz CT molecular complexity index is 749. The maximum Gasteiger partial charge on any atom is 0.331 e. The summed E-state index contributed by atoms with van der Waals surface area (Å²) < 4.78 is 18.0. The van der Waals surface area contributed by atoms with Crippen LogP contribution in [0.2, 0.25) is 0 Å². The Morgan fingerprint density at radius 2 is 2.21 bits per heavy atom. The number of ether oxygens (including phenoxy) is 1. The fourth-order valence-electron chi connectivity index (χ4n) is 2.07. The van der Waals surface area contributed by atoms with Gasteiger partial charge in [0, 0.05) is 18.9 Å². The smallest absolute Gasteiger partial charge is 0.331 e. The van der Waals surface area contributed by atoms with Crippen molar-refractivity contribution >= 4 is 23.2 Å². The number of hydrogen-bond donors (Lipinski definition) is 2. The Balaban J connectivity index is 2.09. The number of rotatable bonds is 7. The van der Waals surface area contributed by atoms with Crippen LogP contribution in [0.25, 0.3) is 0 Å². The molecule has 0 aliphatic heterocycles. The van der Waals surface area contributed by atoms with Gasteiger partial charge in [-0.3, -0.25) is 4.79 Å². The van der Waals surface area contributed by atoms with Crippen LogP contribution in [0.15, 0.2) is 29.6 Å². The normalized spacial score (nSPS) is 13.3. The van der Waals surface area contributed by atoms with Gasteiger partial charge in [-0.05, 0) is 24.6 Å². The first kappa shape index (κ1) is 18.0. The summed E-state index contributed by atoms with van der Waals surface area (Å²) in [6.07, 6.45) is 0.393. The summed E-state index contributed by atoms with van der Waals surface area (Å²) in [5.41, 5.74) is -0.681. The summed E-state index contributed by atoms with van der Waals surface area (Å²) in [6, 6.07) is 6.13. The van der Waals surface area contributed by atoms with E-state index < -0.39 is 17.4 Å². The van der Waals surface area contributed by atoms with Crippen molar-refractivity contribution in [2.24, 2.45) is 0 Å². The summed E-state index contributed by atoms with van der Waals surface area (Å²) >= 11 is 1.25. The SMILES string of the molecule is COCC(C)(NC(=O)c1csc(Cc2cccc(F)c2)n1)C(=O)O. The molecule has 2 rings (SSSR count). The number of carbonyl (C=O) groups is 2. The summed E-state index contributed by atoms with van der Waals surface area (Å²) in [4.78, 5) is 27.7. The van der Waals surface area contributed by atoms with Crippen molar-refractivity contribution < 1.29 is 23.8 Å². The number of halogens is 1. The summed E-state index contributed by atoms with van der Waals surface area (Å²) in [6.45, 7) is 1.19. The van der Waals surface area contributed by atoms with Crippen LogP contribution < -0.4 is 5.32 Å². The molecule has 1 amide bonds. The molecule has 1 aromatic carbocycles. The van der Waals surface area contributed by atoms with Gasteiger partial charge in [-0.15, -0.1) is 11.3 Å². The van der Waals surface area contributed by atoms with E-state index in [4.69, 9.17) is 4.74 Å². The van der Waals surface area contributed by atoms with Crippen LogP contribution >= 0.6 is 11.3 Å². The molecule has 1 unspecified atom stereocenters. The third-order valence-electron chi connectivity index (χ3n) is 3.32. The first-order valence-electron chi connectivity index (χ1n) is 7.08. The van der Waals surface area contributed by atoms with Gasteiger partial charge in [0.2, 0.25) is 0 Å². The second-order valence-electron chi connectivity index (χ2n) is 5.46. The highest BCUT2D eigenvalue weighted by Gasteiger charge is 2.35. The number of benzene rings is 1. The molecule has 0 fully saturated rings. The molecule has 8 heteroatoms. The van der Waals surface area contributed by atoms with Gasteiger partial charge in [0.05, 0.1) is 11.6 Å². The van der Waals surface area contributed by atoms with Crippen LogP contribution in [-0.4, -0.2) is 41.2 Å². The third-order valence-corrected chi connectivity index (χ3v) is 4.17. The molecule has 0 bridgehead atoms. The standard InChI is InChI=1S/C16H17FN2O4S/c1-16(9-23-2,15(21)22)19-14(20)12-8-24-13(18-12)7-10-4-3-5-11(17)6-10/h3-6,8H,7,9H2,1-2H3,(H,19,20)(H,21,22). The van der Waals surface area contributed by atoms with E-state index in [1.165, 1.54) is 37.5 Å². The van der Waals surface area contributed by atoms with E-state index in [1.807, 2.05) is 0 Å². The number of methoxy groups -OCH3 is 1. The molecule has 6 nitrogen and oxygen atoms in total. The van der Waals surface area contributed by atoms with E-state index in [1.54, 1.807) is 17.5 Å². The van der Waals surface area contributed by atoms with Crippen molar-refractivity contribution in [2.75, 3.05) is 13.7 Å². The Labute approximate surface area is 142 Å². The van der Waals surface area contributed by atoms with Crippen LogP contribution in [0.3, 0.4) is 0 Å². The number of carbonyl (C=O) groups excluding carboxylic acids is 1. The summed E-state index contributed by atoms with van der Waals surface area (Å²) in [7, 11) is 1.35. The lowest BCUT2D eigenvalue weighted by Crippen LogP contribution is -2.55. The van der Waals surface area contributed by atoms with Crippen LogP contribution in [0.5, 0.6) is 0 Å². The van der Waals surface area contributed by atoms with Gasteiger partial charge in [0.1, 0.15) is 11.5 Å². The minimum atomic E-state index is -1.54. The number of nitrogens with zero attached hydrogens (tertiary/aromatic N) is 1. The minimum Gasteiger partial charge on any atom is -0.479 e. The average molecular weight is 352 g/mol. The number of amides is 1. The highest BCUT2D eigenvalue weighted by Crippen LogP contribution is 2.16. The van der Waals surface area contributed by atoms with E-state index in [-0.39, 0.29) is 18.1 Å². The van der Waals surface area contributed by atoms with Crippen molar-refractivity contribution in [3.05, 3.63) is 51.7 Å². The highest BCUT2D eigenvalue weighted by atomic mass is 32.1. The molecule has 1 heterocycles. The van der Waals surface area contributed by atoms with E-state index >= 15 is 0 Å². The van der Waals surface area contributed by atoms with Gasteiger partial charge in [0.15, 0.2) is 5.54 Å². The average Bonchev–Trinajstić information content (AvgIpc) is 2.96. The molecule has 0 radical (unpaired) electrons. The molecule has 128 valence electrons. The Hall–Kier alpha value is -2.32. The molecule has 0 aliphatic carbocycles. The summed E-state index contributed by atoms with van der Waals surface area (Å²) in [5, 5.41) is 13.8. The van der Waals surface area contributed by atoms with E-state index in [0.29, 0.717) is 11.4 Å². The number of nitrogens with one attached hydrogen (secondary N) is 1. The van der Waals surface area contributed by atoms with Crippen LogP contribution in [0.4, 0.5) is 4.39 Å². The van der Waals surface area contributed by atoms with Gasteiger partial charge < -0.3 is 15.2 Å². The summed E-state index contributed by atoms with van der Waals surface area (Å²) in [5.74, 6) is -2.13. The molecule has 0 aliphatic rings. The molecule has 1 aromatic heterocycles. The molecule has 2 aromatic rings. The Kier molecular flexibility index (Phi) is 5.63. The zero-order valence-corrected chi connectivity index (χ0v) is 14.0. The highest BCUT2D eigenvalue weighted by molar-refractivity contribution is 7.09. The maximum absolute atomic E-state index is 13.2. The first-order chi connectivity index (χ1) is 11.3. The van der Waals surface area contributed by atoms with Gasteiger partial charge in [-0.25, -0.2) is 14.2 Å². The lowest BCUT2D eigenvalue weighted by Gasteiger charge is -2.24. The second-order valence-corrected chi connectivity index (χ2v) is 6.40. The fourth-order valence-corrected chi connectivity index (χ4v) is 2.88. The molecule has 0 saturated carbocycles. The molecule has 0 saturated heterocycles. The number of hydrogen-bond acceptors (Lipinski definition) is 5. The van der Waals surface area contributed by atoms with Crippen molar-refractivity contribution in [3.8, 4) is 0 Å². The zero-order valence-electron chi connectivity index (χ0n) is 13.2. The predicted molar refractivity (Wildman–Crippen MR) is 86.7 cm³/mol. The van der Waals surface area contributed by atoms with E-state index in [2.05, 4.69) is 10.3 Å². The minimum absolute atomic E-state index is 0.120. The van der Waals surface area contributed by atoms with Crippen molar-refractivity contribution in [3.63, 3.8) is 0 Å². The van der Waals surface area contributed by atoms with Gasteiger partial charge in [-0.2, -0.15) is 0 Å². The lowest BCUT2D eigenvalue weighted by atomic mass is 10.0. The molecule has 0 spiro atoms. The molecule has 2 N–H and O–H groups in total. The first-order valence-corrected chi connectivity index (χ1v) is 7.96. The number of carboxylic acids is 1. The molecule has 1 atom stereocenters. The number of carboxylic acid groups (broad SMARTS) is 1. The van der Waals surface area contributed by atoms with Gasteiger partial charge in [0.25, 0.3) is 5.91 Å². The van der Waals surface area contributed by atoms with Gasteiger partial charge in [-0.1, -0.05) is 12.1 Å². The van der Waals surface area contributed by atoms with Crippen LogP contribution in [0, 0.1) is 5.82 Å². The molecular weight excluding hydrogens is 335 g/mol. The Morgan fingerprint density at radius 1 is 1.46 bits per heavy atom. The Morgan fingerprint density at radius 3 is 2.83 bits per heavy atom.